The van der Waals surface area contributed by atoms with E-state index in [0.29, 0.717) is 17.7 Å². The molecular formula is C19H21N3O4. The van der Waals surface area contributed by atoms with Gasteiger partial charge in [-0.25, -0.2) is 0 Å². The first kappa shape index (κ1) is 19.1. The third-order valence-electron chi connectivity index (χ3n) is 4.08. The second kappa shape index (κ2) is 9.31. The molecule has 26 heavy (non-hydrogen) atoms. The summed E-state index contributed by atoms with van der Waals surface area (Å²) in [4.78, 5) is 10.3. The zero-order chi connectivity index (χ0) is 18.9. The van der Waals surface area contributed by atoms with Gasteiger partial charge in [-0.1, -0.05) is 54.3 Å². The van der Waals surface area contributed by atoms with Gasteiger partial charge in [0.1, 0.15) is 11.4 Å². The summed E-state index contributed by atoms with van der Waals surface area (Å²) >= 11 is 0. The number of benzene rings is 2. The van der Waals surface area contributed by atoms with Crippen LogP contribution < -0.4 is 0 Å². The lowest BCUT2D eigenvalue weighted by Crippen LogP contribution is -2.16. The first-order valence-electron chi connectivity index (χ1n) is 8.39. The van der Waals surface area contributed by atoms with Crippen LogP contribution in [-0.2, 0) is 0 Å². The third kappa shape index (κ3) is 4.66. The molecule has 0 bridgehead atoms. The van der Waals surface area contributed by atoms with Crippen molar-refractivity contribution >= 4 is 17.1 Å². The number of unbranched alkanes of at least 4 members (excludes halogenated alkanes) is 2. The number of nitro groups is 1. The summed E-state index contributed by atoms with van der Waals surface area (Å²) in [5.41, 5.74) is 2.94. The molecule has 0 saturated carbocycles. The molecule has 2 N–H and O–H groups in total. The monoisotopic (exact) mass is 355 g/mol. The maximum atomic E-state index is 10.7. The van der Waals surface area contributed by atoms with Crippen LogP contribution in [0, 0.1) is 10.1 Å². The smallest absolute Gasteiger partial charge is 0.269 e. The van der Waals surface area contributed by atoms with Crippen LogP contribution in [0.1, 0.15) is 38.2 Å². The predicted octanol–water partition coefficient (Wildman–Crippen LogP) is 4.85. The molecule has 136 valence electrons. The van der Waals surface area contributed by atoms with Crippen LogP contribution in [0.4, 0.5) is 5.69 Å². The van der Waals surface area contributed by atoms with E-state index in [1.165, 1.54) is 12.1 Å². The normalized spacial score (nSPS) is 12.2. The van der Waals surface area contributed by atoms with E-state index in [1.54, 1.807) is 24.3 Å². The van der Waals surface area contributed by atoms with Crippen molar-refractivity contribution in [1.82, 2.24) is 0 Å². The maximum Gasteiger partial charge on any atom is 0.269 e. The molecule has 0 aromatic heterocycles. The van der Waals surface area contributed by atoms with Crippen LogP contribution in [0.3, 0.4) is 0 Å². The van der Waals surface area contributed by atoms with Crippen LogP contribution >= 0.6 is 0 Å². The summed E-state index contributed by atoms with van der Waals surface area (Å²) in [6.45, 7) is 2.08. The summed E-state index contributed by atoms with van der Waals surface area (Å²) in [6.07, 6.45) is 3.40. The lowest BCUT2D eigenvalue weighted by atomic mass is 9.98. The minimum absolute atomic E-state index is 0.0379. The molecule has 0 radical (unpaired) electrons. The van der Waals surface area contributed by atoms with E-state index in [2.05, 4.69) is 17.2 Å². The molecule has 0 atom stereocenters. The number of oxime groups is 2. The minimum Gasteiger partial charge on any atom is -0.411 e. The van der Waals surface area contributed by atoms with Crippen molar-refractivity contribution in [2.75, 3.05) is 0 Å². The lowest BCUT2D eigenvalue weighted by molar-refractivity contribution is -0.384. The van der Waals surface area contributed by atoms with E-state index in [-0.39, 0.29) is 11.4 Å². The Morgan fingerprint density at radius 3 is 2.00 bits per heavy atom. The van der Waals surface area contributed by atoms with Crippen LogP contribution in [0.5, 0.6) is 0 Å². The zero-order valence-corrected chi connectivity index (χ0v) is 14.5. The van der Waals surface area contributed by atoms with E-state index in [0.717, 1.165) is 30.4 Å². The van der Waals surface area contributed by atoms with Crippen LogP contribution in [0.15, 0.2) is 58.8 Å². The molecule has 0 fully saturated rings. The van der Waals surface area contributed by atoms with Gasteiger partial charge in [0.25, 0.3) is 5.69 Å². The van der Waals surface area contributed by atoms with Gasteiger partial charge in [-0.3, -0.25) is 10.1 Å². The minimum atomic E-state index is -0.439. The SMILES string of the molecule is CCCCCC(=NO)C(=NO)c1ccc(-c2ccc([N+](=O)[O-])cc2)cc1. The second-order valence-electron chi connectivity index (χ2n) is 5.83. The summed E-state index contributed by atoms with van der Waals surface area (Å²) in [7, 11) is 0. The van der Waals surface area contributed by atoms with Crippen LogP contribution in [0.25, 0.3) is 11.1 Å². The van der Waals surface area contributed by atoms with E-state index < -0.39 is 4.92 Å². The molecule has 7 nitrogen and oxygen atoms in total. The quantitative estimate of drug-likeness (QED) is 0.232. The summed E-state index contributed by atoms with van der Waals surface area (Å²) in [5.74, 6) is 0. The molecule has 0 heterocycles. The Hall–Kier alpha value is -3.22. The number of nitro benzene ring substituents is 1. The molecule has 0 aliphatic heterocycles. The van der Waals surface area contributed by atoms with Gasteiger partial charge in [-0.2, -0.15) is 0 Å². The fraction of sp³-hybridized carbons (Fsp3) is 0.263. The highest BCUT2D eigenvalue weighted by molar-refractivity contribution is 6.48. The molecular weight excluding hydrogens is 334 g/mol. The standard InChI is InChI=1S/C19H21N3O4/c1-2-3-4-5-18(20-23)19(21-24)16-8-6-14(7-9-16)15-10-12-17(13-11-15)22(25)26/h6-13,23-24H,2-5H2,1H3. The number of nitrogens with zero attached hydrogens (tertiary/aromatic N) is 3. The number of hydrogen-bond donors (Lipinski definition) is 2. The number of hydrogen-bond acceptors (Lipinski definition) is 6. The van der Waals surface area contributed by atoms with Gasteiger partial charge in [-0.05, 0) is 36.1 Å². The largest absolute Gasteiger partial charge is 0.411 e. The predicted molar refractivity (Wildman–Crippen MR) is 100 cm³/mol. The summed E-state index contributed by atoms with van der Waals surface area (Å²) in [5, 5.41) is 35.9. The highest BCUT2D eigenvalue weighted by Gasteiger charge is 2.14. The molecule has 0 aliphatic rings. The van der Waals surface area contributed by atoms with Gasteiger partial charge >= 0.3 is 0 Å². The summed E-state index contributed by atoms with van der Waals surface area (Å²) in [6, 6.07) is 13.4. The van der Waals surface area contributed by atoms with Crippen LogP contribution in [-0.4, -0.2) is 26.8 Å². The molecule has 2 rings (SSSR count). The molecule has 2 aromatic rings. The molecule has 0 aliphatic carbocycles. The van der Waals surface area contributed by atoms with Gasteiger partial charge in [0.2, 0.25) is 0 Å². The molecule has 7 heteroatoms. The van der Waals surface area contributed by atoms with E-state index in [1.807, 2.05) is 12.1 Å². The van der Waals surface area contributed by atoms with Crippen molar-refractivity contribution in [3.63, 3.8) is 0 Å². The Kier molecular flexibility index (Phi) is 6.84. The highest BCUT2D eigenvalue weighted by atomic mass is 16.6. The van der Waals surface area contributed by atoms with Crippen molar-refractivity contribution in [3.05, 3.63) is 64.2 Å². The fourth-order valence-electron chi connectivity index (χ4n) is 2.64. The Balaban J connectivity index is 2.20. The molecule has 0 unspecified atom stereocenters. The van der Waals surface area contributed by atoms with Gasteiger partial charge in [0, 0.05) is 17.7 Å². The average Bonchev–Trinajstić information content (AvgIpc) is 2.68. The van der Waals surface area contributed by atoms with Crippen molar-refractivity contribution in [3.8, 4) is 11.1 Å². The number of non-ortho nitro benzene ring substituents is 1. The van der Waals surface area contributed by atoms with E-state index in [4.69, 9.17) is 0 Å². The lowest BCUT2D eigenvalue weighted by Gasteiger charge is -2.08. The van der Waals surface area contributed by atoms with E-state index >= 15 is 0 Å². The van der Waals surface area contributed by atoms with Crippen molar-refractivity contribution < 1.29 is 15.3 Å². The van der Waals surface area contributed by atoms with Crippen molar-refractivity contribution in [1.29, 1.82) is 0 Å². The van der Waals surface area contributed by atoms with Crippen molar-refractivity contribution in [2.45, 2.75) is 32.6 Å². The first-order chi connectivity index (χ1) is 12.6. The van der Waals surface area contributed by atoms with Gasteiger partial charge in [0.05, 0.1) is 4.92 Å². The van der Waals surface area contributed by atoms with Gasteiger partial charge < -0.3 is 10.4 Å². The highest BCUT2D eigenvalue weighted by Crippen LogP contribution is 2.23. The van der Waals surface area contributed by atoms with Crippen molar-refractivity contribution in [2.24, 2.45) is 10.3 Å². The zero-order valence-electron chi connectivity index (χ0n) is 14.5. The number of rotatable bonds is 8. The molecule has 2 aromatic carbocycles. The molecule has 0 spiro atoms. The Morgan fingerprint density at radius 1 is 0.962 bits per heavy atom. The molecule has 0 saturated heterocycles. The summed E-state index contributed by atoms with van der Waals surface area (Å²) < 4.78 is 0. The van der Waals surface area contributed by atoms with Crippen LogP contribution in [0.2, 0.25) is 0 Å². The first-order valence-corrected chi connectivity index (χ1v) is 8.39. The second-order valence-corrected chi connectivity index (χ2v) is 5.83. The average molecular weight is 355 g/mol. The Morgan fingerprint density at radius 2 is 1.54 bits per heavy atom. The third-order valence-corrected chi connectivity index (χ3v) is 4.08. The Labute approximate surface area is 151 Å². The topological polar surface area (TPSA) is 108 Å². The molecule has 0 amide bonds. The Bertz CT molecular complexity index is 797. The fourth-order valence-corrected chi connectivity index (χ4v) is 2.64. The maximum absolute atomic E-state index is 10.7. The van der Waals surface area contributed by atoms with E-state index in [9.17, 15) is 20.5 Å². The van der Waals surface area contributed by atoms with Gasteiger partial charge in [-0.15, -0.1) is 0 Å². The van der Waals surface area contributed by atoms with Gasteiger partial charge in [0.15, 0.2) is 0 Å².